The van der Waals surface area contributed by atoms with E-state index >= 15 is 0 Å². The van der Waals surface area contributed by atoms with Crippen molar-refractivity contribution in [2.45, 2.75) is 6.92 Å². The number of H-pyrrole nitrogens is 1. The van der Waals surface area contributed by atoms with Gasteiger partial charge in [-0.15, -0.1) is 0 Å². The SMILES string of the molecule is Cc1cncc2[nH]ccc12.[HH]. The van der Waals surface area contributed by atoms with Crippen molar-refractivity contribution in [3.63, 3.8) is 0 Å². The van der Waals surface area contributed by atoms with Gasteiger partial charge in [0.05, 0.1) is 11.7 Å². The molecule has 0 saturated carbocycles. The molecule has 0 atom stereocenters. The van der Waals surface area contributed by atoms with Gasteiger partial charge in [-0.2, -0.15) is 0 Å². The lowest BCUT2D eigenvalue weighted by atomic mass is 10.2. The van der Waals surface area contributed by atoms with Gasteiger partial charge in [-0.3, -0.25) is 4.98 Å². The third-order valence-corrected chi connectivity index (χ3v) is 1.68. The summed E-state index contributed by atoms with van der Waals surface area (Å²) >= 11 is 0. The van der Waals surface area contributed by atoms with E-state index in [1.807, 2.05) is 18.6 Å². The van der Waals surface area contributed by atoms with Crippen LogP contribution in [0.3, 0.4) is 0 Å². The van der Waals surface area contributed by atoms with Gasteiger partial charge in [0.2, 0.25) is 0 Å². The van der Waals surface area contributed by atoms with E-state index in [0.29, 0.717) is 0 Å². The van der Waals surface area contributed by atoms with E-state index < -0.39 is 0 Å². The fourth-order valence-corrected chi connectivity index (χ4v) is 1.13. The quantitative estimate of drug-likeness (QED) is 0.587. The highest BCUT2D eigenvalue weighted by atomic mass is 14.7. The maximum absolute atomic E-state index is 4.05. The average molecular weight is 134 g/mol. The Kier molecular flexibility index (Phi) is 1.01. The normalized spacial score (nSPS) is 10.5. The first-order valence-electron chi connectivity index (χ1n) is 3.25. The zero-order chi connectivity index (χ0) is 6.97. The van der Waals surface area contributed by atoms with Crippen LogP contribution in [-0.2, 0) is 0 Å². The monoisotopic (exact) mass is 134 g/mol. The third-order valence-electron chi connectivity index (χ3n) is 1.68. The Morgan fingerprint density at radius 1 is 1.50 bits per heavy atom. The lowest BCUT2D eigenvalue weighted by Gasteiger charge is -1.91. The summed E-state index contributed by atoms with van der Waals surface area (Å²) < 4.78 is 0. The van der Waals surface area contributed by atoms with Crippen LogP contribution < -0.4 is 0 Å². The van der Waals surface area contributed by atoms with Gasteiger partial charge in [-0.1, -0.05) is 0 Å². The van der Waals surface area contributed by atoms with Crippen molar-refractivity contribution in [1.29, 1.82) is 0 Å². The molecule has 10 heavy (non-hydrogen) atoms. The van der Waals surface area contributed by atoms with Crippen LogP contribution in [0.1, 0.15) is 6.99 Å². The Balaban J connectivity index is 0.000000605. The summed E-state index contributed by atoms with van der Waals surface area (Å²) in [5, 5.41) is 1.26. The average Bonchev–Trinajstić information content (AvgIpc) is 2.36. The molecule has 0 aliphatic heterocycles. The lowest BCUT2D eigenvalue weighted by Crippen LogP contribution is -1.76. The summed E-state index contributed by atoms with van der Waals surface area (Å²) in [6.45, 7) is 2.06. The Morgan fingerprint density at radius 3 is 3.20 bits per heavy atom. The van der Waals surface area contributed by atoms with E-state index in [1.165, 1.54) is 10.9 Å². The first kappa shape index (κ1) is 5.47. The van der Waals surface area contributed by atoms with Gasteiger partial charge in [0.1, 0.15) is 0 Å². The second-order valence-corrected chi connectivity index (χ2v) is 2.40. The molecule has 2 nitrogen and oxygen atoms in total. The molecule has 2 heterocycles. The van der Waals surface area contributed by atoms with Crippen LogP contribution >= 0.6 is 0 Å². The number of nitrogens with zero attached hydrogens (tertiary/aromatic N) is 1. The van der Waals surface area contributed by atoms with Crippen molar-refractivity contribution in [2.24, 2.45) is 0 Å². The minimum absolute atomic E-state index is 0. The van der Waals surface area contributed by atoms with Crippen LogP contribution in [-0.4, -0.2) is 9.97 Å². The van der Waals surface area contributed by atoms with Gasteiger partial charge in [-0.05, 0) is 18.6 Å². The second-order valence-electron chi connectivity index (χ2n) is 2.40. The zero-order valence-electron chi connectivity index (χ0n) is 5.76. The smallest absolute Gasteiger partial charge is 0.0643 e. The van der Waals surface area contributed by atoms with Crippen LogP contribution in [0.25, 0.3) is 10.9 Å². The fraction of sp³-hybridized carbons (Fsp3) is 0.125. The topological polar surface area (TPSA) is 28.7 Å². The Bertz CT molecular complexity index is 354. The van der Waals surface area contributed by atoms with Crippen molar-refractivity contribution >= 4 is 10.9 Å². The molecule has 0 radical (unpaired) electrons. The maximum Gasteiger partial charge on any atom is 0.0643 e. The molecule has 0 aliphatic rings. The van der Waals surface area contributed by atoms with Gasteiger partial charge in [-0.25, -0.2) is 0 Å². The molecule has 0 spiro atoms. The van der Waals surface area contributed by atoms with E-state index in [-0.39, 0.29) is 1.43 Å². The molecular weight excluding hydrogens is 124 g/mol. The van der Waals surface area contributed by atoms with Gasteiger partial charge >= 0.3 is 0 Å². The fourth-order valence-electron chi connectivity index (χ4n) is 1.13. The molecule has 1 N–H and O–H groups in total. The molecule has 0 aromatic carbocycles. The Hall–Kier alpha value is -1.31. The van der Waals surface area contributed by atoms with Crippen molar-refractivity contribution in [3.8, 4) is 0 Å². The number of pyridine rings is 1. The first-order valence-corrected chi connectivity index (χ1v) is 3.25. The zero-order valence-corrected chi connectivity index (χ0v) is 5.76. The van der Waals surface area contributed by atoms with E-state index in [1.54, 1.807) is 0 Å². The van der Waals surface area contributed by atoms with E-state index in [0.717, 1.165) is 5.52 Å². The number of fused-ring (bicyclic) bond motifs is 1. The maximum atomic E-state index is 4.05. The summed E-state index contributed by atoms with van der Waals surface area (Å²) in [7, 11) is 0. The Labute approximate surface area is 60.4 Å². The highest BCUT2D eigenvalue weighted by molar-refractivity contribution is 5.81. The summed E-state index contributed by atoms with van der Waals surface area (Å²) in [4.78, 5) is 7.15. The molecule has 2 aromatic heterocycles. The van der Waals surface area contributed by atoms with Gasteiger partial charge in [0.25, 0.3) is 0 Å². The number of aryl methyl sites for hydroxylation is 1. The molecule has 0 amide bonds. The molecule has 0 aliphatic carbocycles. The molecular formula is C8H10N2. The summed E-state index contributed by atoms with van der Waals surface area (Å²) in [6.07, 6.45) is 5.64. The van der Waals surface area contributed by atoms with Crippen molar-refractivity contribution in [3.05, 3.63) is 30.2 Å². The van der Waals surface area contributed by atoms with Gasteiger partial charge in [0, 0.05) is 19.2 Å². The number of nitrogens with one attached hydrogen (secondary N) is 1. The molecule has 0 unspecified atom stereocenters. The number of aromatic nitrogens is 2. The van der Waals surface area contributed by atoms with Crippen LogP contribution in [0.15, 0.2) is 24.7 Å². The largest absolute Gasteiger partial charge is 0.360 e. The van der Waals surface area contributed by atoms with Crippen molar-refractivity contribution in [1.82, 2.24) is 9.97 Å². The Morgan fingerprint density at radius 2 is 2.40 bits per heavy atom. The second kappa shape index (κ2) is 1.84. The number of aromatic amines is 1. The van der Waals surface area contributed by atoms with Gasteiger partial charge in [0.15, 0.2) is 0 Å². The molecule has 0 bridgehead atoms. The van der Waals surface area contributed by atoms with Crippen LogP contribution in [0.2, 0.25) is 0 Å². The predicted molar refractivity (Wildman–Crippen MR) is 42.9 cm³/mol. The van der Waals surface area contributed by atoms with Crippen molar-refractivity contribution in [2.75, 3.05) is 0 Å². The van der Waals surface area contributed by atoms with Crippen LogP contribution in [0, 0.1) is 6.92 Å². The summed E-state index contributed by atoms with van der Waals surface area (Å²) in [5.41, 5.74) is 2.33. The van der Waals surface area contributed by atoms with E-state index in [4.69, 9.17) is 0 Å². The number of hydrogen-bond acceptors (Lipinski definition) is 1. The van der Waals surface area contributed by atoms with E-state index in [2.05, 4.69) is 23.0 Å². The third kappa shape index (κ3) is 0.620. The minimum Gasteiger partial charge on any atom is -0.360 e. The van der Waals surface area contributed by atoms with Gasteiger partial charge < -0.3 is 4.98 Å². The molecule has 2 aromatic rings. The van der Waals surface area contributed by atoms with Crippen LogP contribution in [0.4, 0.5) is 0 Å². The van der Waals surface area contributed by atoms with E-state index in [9.17, 15) is 0 Å². The van der Waals surface area contributed by atoms with Crippen molar-refractivity contribution < 1.29 is 1.43 Å². The highest BCUT2D eigenvalue weighted by Crippen LogP contribution is 2.13. The van der Waals surface area contributed by atoms with Crippen LogP contribution in [0.5, 0.6) is 0 Å². The lowest BCUT2D eigenvalue weighted by molar-refractivity contribution is 1.30. The number of hydrogen-bond donors (Lipinski definition) is 1. The highest BCUT2D eigenvalue weighted by Gasteiger charge is 1.94. The molecule has 2 rings (SSSR count). The summed E-state index contributed by atoms with van der Waals surface area (Å²) in [5.74, 6) is 0. The standard InChI is InChI=1S/C8H8N2.H2/c1-6-4-9-5-8-7(6)2-3-10-8;/h2-5,10H,1H3;1H. The first-order chi connectivity index (χ1) is 4.88. The minimum atomic E-state index is 0. The molecule has 0 saturated heterocycles. The predicted octanol–water partition coefficient (Wildman–Crippen LogP) is 2.12. The molecule has 2 heteroatoms. The summed E-state index contributed by atoms with van der Waals surface area (Å²) in [6, 6.07) is 2.06. The number of rotatable bonds is 0. The molecule has 52 valence electrons. The molecule has 0 fully saturated rings.